The number of nitrogens with zero attached hydrogens (tertiary/aromatic N) is 1. The molecule has 22 heavy (non-hydrogen) atoms. The van der Waals surface area contributed by atoms with Gasteiger partial charge >= 0.3 is 5.97 Å². The Balaban J connectivity index is 2.29. The van der Waals surface area contributed by atoms with Crippen LogP contribution in [-0.4, -0.2) is 44.0 Å². The van der Waals surface area contributed by atoms with Crippen molar-refractivity contribution in [3.05, 3.63) is 22.2 Å². The summed E-state index contributed by atoms with van der Waals surface area (Å²) in [6.45, 7) is 0.276. The molecule has 1 aliphatic heterocycles. The number of hydrogen-bond donors (Lipinski definition) is 1. The van der Waals surface area contributed by atoms with Crippen molar-refractivity contribution in [2.45, 2.75) is 17.7 Å². The molecular weight excluding hydrogens is 353 g/mol. The van der Waals surface area contributed by atoms with E-state index in [2.05, 4.69) is 0 Å². The lowest BCUT2D eigenvalue weighted by atomic mass is 9.99. The molecule has 6 nitrogen and oxygen atoms in total. The van der Waals surface area contributed by atoms with Crippen molar-refractivity contribution in [2.75, 3.05) is 20.2 Å². The van der Waals surface area contributed by atoms with Gasteiger partial charge in [-0.15, -0.1) is 0 Å². The summed E-state index contributed by atoms with van der Waals surface area (Å²) in [6, 6.07) is 2.77. The van der Waals surface area contributed by atoms with Crippen molar-refractivity contribution in [1.82, 2.24) is 4.31 Å². The number of carbonyl (C=O) groups is 1. The summed E-state index contributed by atoms with van der Waals surface area (Å²) < 4.78 is 31.5. The van der Waals surface area contributed by atoms with Gasteiger partial charge in [0.15, 0.2) is 0 Å². The molecule has 0 aromatic heterocycles. The van der Waals surface area contributed by atoms with Gasteiger partial charge in [0.25, 0.3) is 0 Å². The van der Waals surface area contributed by atoms with Crippen molar-refractivity contribution in [3.63, 3.8) is 0 Å². The summed E-state index contributed by atoms with van der Waals surface area (Å²) in [7, 11) is -2.42. The van der Waals surface area contributed by atoms with Gasteiger partial charge in [0.2, 0.25) is 10.0 Å². The van der Waals surface area contributed by atoms with E-state index in [1.165, 1.54) is 23.5 Å². The largest absolute Gasteiger partial charge is 0.495 e. The zero-order valence-electron chi connectivity index (χ0n) is 11.8. The van der Waals surface area contributed by atoms with Crippen LogP contribution in [0.25, 0.3) is 0 Å². The Hall–Kier alpha value is -1.02. The van der Waals surface area contributed by atoms with E-state index in [4.69, 9.17) is 33.0 Å². The van der Waals surface area contributed by atoms with E-state index in [0.717, 1.165) is 0 Å². The predicted octanol–water partition coefficient (Wildman–Crippen LogP) is 2.49. The minimum atomic E-state index is -3.82. The van der Waals surface area contributed by atoms with Crippen LogP contribution in [0.1, 0.15) is 12.8 Å². The fourth-order valence-corrected chi connectivity index (χ4v) is 4.64. The van der Waals surface area contributed by atoms with Gasteiger partial charge in [-0.1, -0.05) is 23.2 Å². The Morgan fingerprint density at radius 3 is 2.36 bits per heavy atom. The molecule has 0 aliphatic carbocycles. The van der Waals surface area contributed by atoms with E-state index in [9.17, 15) is 13.2 Å². The number of hydrogen-bond acceptors (Lipinski definition) is 4. The van der Waals surface area contributed by atoms with Gasteiger partial charge in [0.05, 0.1) is 18.1 Å². The second-order valence-electron chi connectivity index (χ2n) is 4.91. The molecule has 1 N–H and O–H groups in total. The normalized spacial score (nSPS) is 17.4. The van der Waals surface area contributed by atoms with E-state index >= 15 is 0 Å². The average Bonchev–Trinajstić information content (AvgIpc) is 2.49. The molecule has 1 fully saturated rings. The third kappa shape index (κ3) is 3.17. The van der Waals surface area contributed by atoms with Crippen LogP contribution < -0.4 is 4.74 Å². The summed E-state index contributed by atoms with van der Waals surface area (Å²) in [5.74, 6) is -1.13. The van der Waals surface area contributed by atoms with Crippen molar-refractivity contribution in [2.24, 2.45) is 5.92 Å². The van der Waals surface area contributed by atoms with E-state index < -0.39 is 21.9 Å². The molecule has 0 amide bonds. The molecule has 1 aromatic rings. The number of aliphatic carboxylic acids is 1. The fourth-order valence-electron chi connectivity index (χ4n) is 2.35. The van der Waals surface area contributed by atoms with E-state index in [0.29, 0.717) is 0 Å². The number of benzene rings is 1. The molecule has 0 spiro atoms. The molecule has 1 aromatic carbocycles. The van der Waals surface area contributed by atoms with Gasteiger partial charge in [-0.05, 0) is 25.0 Å². The van der Waals surface area contributed by atoms with Crippen LogP contribution in [0.5, 0.6) is 5.75 Å². The standard InChI is InChI=1S/C13H15Cl2NO5S/c1-21-9-2-3-10(12(15)11(9)14)22(19,20)16-6-4-8(5-7-16)13(17)18/h2-3,8H,4-7H2,1H3,(H,17,18). The molecule has 9 heteroatoms. The molecule has 1 aliphatic rings. The minimum absolute atomic E-state index is 0.0330. The first-order valence-corrected chi connectivity index (χ1v) is 8.73. The van der Waals surface area contributed by atoms with Gasteiger partial charge in [-0.25, -0.2) is 8.42 Å². The first-order valence-electron chi connectivity index (χ1n) is 6.54. The predicted molar refractivity (Wildman–Crippen MR) is 82.1 cm³/mol. The van der Waals surface area contributed by atoms with E-state index in [1.807, 2.05) is 0 Å². The highest BCUT2D eigenvalue weighted by Gasteiger charge is 2.33. The zero-order valence-corrected chi connectivity index (χ0v) is 14.1. The summed E-state index contributed by atoms with van der Waals surface area (Å²) >= 11 is 12.0. The highest BCUT2D eigenvalue weighted by molar-refractivity contribution is 7.89. The second-order valence-corrected chi connectivity index (χ2v) is 7.57. The Labute approximate surface area is 138 Å². The molecule has 2 rings (SSSR count). The summed E-state index contributed by atoms with van der Waals surface area (Å²) in [5.41, 5.74) is 0. The number of sulfonamides is 1. The Morgan fingerprint density at radius 2 is 1.86 bits per heavy atom. The summed E-state index contributed by atoms with van der Waals surface area (Å²) in [5, 5.41) is 8.90. The maximum absolute atomic E-state index is 12.6. The Bertz CT molecular complexity index is 684. The summed E-state index contributed by atoms with van der Waals surface area (Å²) in [6.07, 6.45) is 0.548. The fraction of sp³-hybridized carbons (Fsp3) is 0.462. The Kier molecular flexibility index (Phi) is 5.21. The molecule has 0 atom stereocenters. The van der Waals surface area contributed by atoms with Crippen molar-refractivity contribution >= 4 is 39.2 Å². The monoisotopic (exact) mass is 367 g/mol. The maximum Gasteiger partial charge on any atom is 0.306 e. The maximum atomic E-state index is 12.6. The van der Waals surface area contributed by atoms with Gasteiger partial charge in [0, 0.05) is 13.1 Å². The topological polar surface area (TPSA) is 83.9 Å². The second kappa shape index (κ2) is 6.62. The van der Waals surface area contributed by atoms with E-state index in [1.54, 1.807) is 0 Å². The minimum Gasteiger partial charge on any atom is -0.495 e. The van der Waals surface area contributed by atoms with Crippen LogP contribution in [-0.2, 0) is 14.8 Å². The first-order chi connectivity index (χ1) is 10.3. The van der Waals surface area contributed by atoms with Crippen molar-refractivity contribution in [1.29, 1.82) is 0 Å². The first kappa shape index (κ1) is 17.3. The molecule has 1 heterocycles. The Morgan fingerprint density at radius 1 is 1.27 bits per heavy atom. The molecule has 0 radical (unpaired) electrons. The molecule has 1 saturated heterocycles. The lowest BCUT2D eigenvalue weighted by Crippen LogP contribution is -2.40. The number of carboxylic acids is 1. The summed E-state index contributed by atoms with van der Waals surface area (Å²) in [4.78, 5) is 10.8. The lowest BCUT2D eigenvalue weighted by Gasteiger charge is -2.29. The molecule has 122 valence electrons. The third-order valence-electron chi connectivity index (χ3n) is 3.65. The van der Waals surface area contributed by atoms with Crippen molar-refractivity contribution < 1.29 is 23.1 Å². The van der Waals surface area contributed by atoms with Gasteiger partial charge in [-0.3, -0.25) is 4.79 Å². The van der Waals surface area contributed by atoms with Crippen LogP contribution in [0.3, 0.4) is 0 Å². The molecule has 0 saturated carbocycles. The van der Waals surface area contributed by atoms with E-state index in [-0.39, 0.29) is 46.6 Å². The third-order valence-corrected chi connectivity index (χ3v) is 6.57. The zero-order chi connectivity index (χ0) is 16.5. The van der Waals surface area contributed by atoms with Crippen LogP contribution in [0.4, 0.5) is 0 Å². The van der Waals surface area contributed by atoms with Gasteiger partial charge in [-0.2, -0.15) is 4.31 Å². The van der Waals surface area contributed by atoms with Gasteiger partial charge < -0.3 is 9.84 Å². The average molecular weight is 368 g/mol. The number of ether oxygens (including phenoxy) is 1. The van der Waals surface area contributed by atoms with Crippen LogP contribution in [0.2, 0.25) is 10.0 Å². The highest BCUT2D eigenvalue weighted by atomic mass is 35.5. The number of rotatable bonds is 4. The quantitative estimate of drug-likeness (QED) is 0.883. The number of piperidine rings is 1. The molecule has 0 unspecified atom stereocenters. The van der Waals surface area contributed by atoms with Gasteiger partial charge in [0.1, 0.15) is 15.7 Å². The number of methoxy groups -OCH3 is 1. The van der Waals surface area contributed by atoms with Crippen molar-refractivity contribution in [3.8, 4) is 5.75 Å². The van der Waals surface area contributed by atoms with Crippen LogP contribution in [0, 0.1) is 5.92 Å². The number of carboxylic acid groups (broad SMARTS) is 1. The smallest absolute Gasteiger partial charge is 0.306 e. The lowest BCUT2D eigenvalue weighted by molar-refractivity contribution is -0.142. The highest BCUT2D eigenvalue weighted by Crippen LogP contribution is 2.38. The molecular formula is C13H15Cl2NO5S. The molecule has 0 bridgehead atoms. The van der Waals surface area contributed by atoms with Crippen LogP contribution >= 0.6 is 23.2 Å². The van der Waals surface area contributed by atoms with Crippen LogP contribution in [0.15, 0.2) is 17.0 Å². The SMILES string of the molecule is COc1ccc(S(=O)(=O)N2CCC(C(=O)O)CC2)c(Cl)c1Cl. The number of halogens is 2.